The summed E-state index contributed by atoms with van der Waals surface area (Å²) in [5, 5.41) is 20.9. The first kappa shape index (κ1) is 22.6. The first-order valence-electron chi connectivity index (χ1n) is 11.6. The number of rotatable bonds is 5. The van der Waals surface area contributed by atoms with Crippen LogP contribution in [0.15, 0.2) is 58.4 Å². The molecule has 1 unspecified atom stereocenters. The van der Waals surface area contributed by atoms with Gasteiger partial charge < -0.3 is 14.6 Å². The molecule has 2 aromatic carbocycles. The fourth-order valence-electron chi connectivity index (χ4n) is 4.59. The second-order valence-electron chi connectivity index (χ2n) is 8.72. The molecule has 0 fully saturated rings. The molecule has 2 N–H and O–H groups in total. The molecule has 0 radical (unpaired) electrons. The third kappa shape index (κ3) is 4.25. The van der Waals surface area contributed by atoms with E-state index in [0.29, 0.717) is 17.0 Å². The summed E-state index contributed by atoms with van der Waals surface area (Å²) in [6.45, 7) is 1.93. The van der Waals surface area contributed by atoms with Gasteiger partial charge in [0.15, 0.2) is 5.71 Å². The molecule has 2 heterocycles. The van der Waals surface area contributed by atoms with Gasteiger partial charge in [-0.3, -0.25) is 10.2 Å². The quantitative estimate of drug-likeness (QED) is 0.389. The number of hydrogen-bond donors (Lipinski definition) is 2. The van der Waals surface area contributed by atoms with Crippen molar-refractivity contribution in [3.8, 4) is 5.75 Å². The van der Waals surface area contributed by atoms with Crippen LogP contribution in [0.3, 0.4) is 0 Å². The highest BCUT2D eigenvalue weighted by molar-refractivity contribution is 6.71. The van der Waals surface area contributed by atoms with Gasteiger partial charge in [-0.2, -0.15) is 15.2 Å². The summed E-state index contributed by atoms with van der Waals surface area (Å²) >= 11 is 0. The number of phenols is 1. The summed E-state index contributed by atoms with van der Waals surface area (Å²) in [6, 6.07) is 11.2. The minimum absolute atomic E-state index is 0.0422. The van der Waals surface area contributed by atoms with Crippen LogP contribution < -0.4 is 10.4 Å². The maximum atomic E-state index is 13.1. The number of hydrazone groups is 2. The number of fused-ring (bicyclic) bond motifs is 1. The van der Waals surface area contributed by atoms with Crippen LogP contribution in [0.5, 0.6) is 5.75 Å². The Hall–Kier alpha value is -4.14. The van der Waals surface area contributed by atoms with Crippen LogP contribution in [0, 0.1) is 0 Å². The number of aromatic hydroxyl groups is 1. The molecule has 180 valence electrons. The molecule has 0 saturated carbocycles. The molecule has 0 aromatic heterocycles. The van der Waals surface area contributed by atoms with E-state index in [1.807, 2.05) is 12.1 Å². The number of anilines is 2. The minimum Gasteiger partial charge on any atom is -0.505 e. The normalized spacial score (nSPS) is 20.3. The van der Waals surface area contributed by atoms with Crippen LogP contribution in [-0.2, 0) is 31.9 Å². The smallest absolute Gasteiger partial charge is 0.372 e. The summed E-state index contributed by atoms with van der Waals surface area (Å²) in [5.74, 6) is -1.16. The van der Waals surface area contributed by atoms with Gasteiger partial charge >= 0.3 is 11.9 Å². The lowest BCUT2D eigenvalue weighted by molar-refractivity contribution is -0.139. The van der Waals surface area contributed by atoms with E-state index in [0.717, 1.165) is 24.9 Å². The van der Waals surface area contributed by atoms with E-state index >= 15 is 0 Å². The van der Waals surface area contributed by atoms with Gasteiger partial charge in [-0.25, -0.2) is 4.79 Å². The van der Waals surface area contributed by atoms with Crippen molar-refractivity contribution in [2.24, 2.45) is 10.2 Å². The monoisotopic (exact) mass is 474 g/mol. The van der Waals surface area contributed by atoms with Crippen LogP contribution in [0.2, 0.25) is 0 Å². The zero-order valence-electron chi connectivity index (χ0n) is 19.6. The van der Waals surface area contributed by atoms with Crippen LogP contribution in [0.25, 0.3) is 0 Å². The van der Waals surface area contributed by atoms with Gasteiger partial charge in [0.1, 0.15) is 5.75 Å². The topological polar surface area (TPSA) is 113 Å². The summed E-state index contributed by atoms with van der Waals surface area (Å²) in [5.41, 5.74) is 7.65. The van der Waals surface area contributed by atoms with E-state index in [9.17, 15) is 14.7 Å². The molecule has 1 amide bonds. The number of aryl methyl sites for hydroxylation is 2. The molecule has 0 saturated heterocycles. The van der Waals surface area contributed by atoms with Crippen molar-refractivity contribution in [1.82, 2.24) is 0 Å². The summed E-state index contributed by atoms with van der Waals surface area (Å²) in [4.78, 5) is 24.8. The maximum Gasteiger partial charge on any atom is 0.372 e. The number of methoxy groups -OCH3 is 1. The molecule has 3 aliphatic rings. The van der Waals surface area contributed by atoms with Gasteiger partial charge in [-0.15, -0.1) is 0 Å². The predicted octanol–water partition coefficient (Wildman–Crippen LogP) is 3.63. The van der Waals surface area contributed by atoms with Gasteiger partial charge in [-0.05, 0) is 68.0 Å². The van der Waals surface area contributed by atoms with E-state index < -0.39 is 5.97 Å². The van der Waals surface area contributed by atoms with Gasteiger partial charge in [0.2, 0.25) is 5.76 Å². The third-order valence-corrected chi connectivity index (χ3v) is 6.48. The van der Waals surface area contributed by atoms with Crippen LogP contribution in [0.4, 0.5) is 11.4 Å². The first-order chi connectivity index (χ1) is 17.0. The van der Waals surface area contributed by atoms with Crippen LogP contribution in [-0.4, -0.2) is 42.1 Å². The lowest BCUT2D eigenvalue weighted by Gasteiger charge is -2.19. The molecule has 35 heavy (non-hydrogen) atoms. The lowest BCUT2D eigenvalue weighted by atomic mass is 9.91. The molecule has 2 aromatic rings. The molecule has 5 rings (SSSR count). The fraction of sp³-hybridized carbons (Fsp3) is 0.308. The Morgan fingerprint density at radius 2 is 2.03 bits per heavy atom. The number of carbonyl (C=O) groups excluding carboxylic acids is 2. The second-order valence-corrected chi connectivity index (χ2v) is 8.72. The summed E-state index contributed by atoms with van der Waals surface area (Å²) in [7, 11) is 1.28. The Morgan fingerprint density at radius 1 is 1.23 bits per heavy atom. The average Bonchev–Trinajstić information content (AvgIpc) is 3.47. The number of nitrogens with zero attached hydrogens (tertiary/aromatic N) is 3. The number of ether oxygens (including phenoxy) is 2. The Bertz CT molecular complexity index is 1300. The summed E-state index contributed by atoms with van der Waals surface area (Å²) in [6.07, 6.45) is 6.04. The zero-order valence-corrected chi connectivity index (χ0v) is 19.6. The lowest BCUT2D eigenvalue weighted by Crippen LogP contribution is -2.28. The predicted molar refractivity (Wildman–Crippen MR) is 132 cm³/mol. The fourth-order valence-corrected chi connectivity index (χ4v) is 4.59. The number of hydrogen-bond acceptors (Lipinski definition) is 8. The standard InChI is InChI=1S/C26H26N4O5/c1-15-23(25(32)30(29-15)19-11-10-16-6-3-4-7-17(16)12-19)28-27-21-9-5-8-20(24(21)31)18-13-22(35-14-18)26(33)34-2/h5,8-13,18,27,31H,3-4,6-7,14H2,1-2H3/b28-23-. The first-order valence-corrected chi connectivity index (χ1v) is 11.6. The zero-order chi connectivity index (χ0) is 24.5. The molecule has 2 aliphatic heterocycles. The Morgan fingerprint density at radius 3 is 2.83 bits per heavy atom. The van der Waals surface area contributed by atoms with E-state index in [4.69, 9.17) is 4.74 Å². The number of esters is 1. The largest absolute Gasteiger partial charge is 0.505 e. The van der Waals surface area contributed by atoms with Crippen molar-refractivity contribution in [3.05, 3.63) is 64.9 Å². The highest BCUT2D eigenvalue weighted by Gasteiger charge is 2.32. The van der Waals surface area contributed by atoms with E-state index in [2.05, 4.69) is 26.4 Å². The minimum atomic E-state index is -0.564. The van der Waals surface area contributed by atoms with E-state index in [-0.39, 0.29) is 35.7 Å². The van der Waals surface area contributed by atoms with Crippen molar-refractivity contribution >= 4 is 34.7 Å². The highest BCUT2D eigenvalue weighted by atomic mass is 16.6. The van der Waals surface area contributed by atoms with E-state index in [1.165, 1.54) is 29.7 Å². The van der Waals surface area contributed by atoms with Crippen molar-refractivity contribution in [1.29, 1.82) is 0 Å². The molecule has 9 nitrogen and oxygen atoms in total. The highest BCUT2D eigenvalue weighted by Crippen LogP contribution is 2.37. The van der Waals surface area contributed by atoms with Crippen molar-refractivity contribution in [3.63, 3.8) is 0 Å². The van der Waals surface area contributed by atoms with Crippen LogP contribution in [0.1, 0.15) is 42.4 Å². The molecule has 1 aliphatic carbocycles. The Kier molecular flexibility index (Phi) is 5.98. The second kappa shape index (κ2) is 9.25. The summed E-state index contributed by atoms with van der Waals surface area (Å²) < 4.78 is 10.1. The number of carbonyl (C=O) groups is 2. The van der Waals surface area contributed by atoms with Gasteiger partial charge in [-0.1, -0.05) is 18.2 Å². The van der Waals surface area contributed by atoms with Crippen LogP contribution >= 0.6 is 0 Å². The number of phenolic OH excluding ortho intramolecular Hbond substituents is 1. The average molecular weight is 475 g/mol. The van der Waals surface area contributed by atoms with Crippen molar-refractivity contribution in [2.75, 3.05) is 24.2 Å². The molecule has 1 atom stereocenters. The molecule has 9 heteroatoms. The molecule has 0 spiro atoms. The Labute approximate surface area is 202 Å². The van der Waals surface area contributed by atoms with Gasteiger partial charge in [0.25, 0.3) is 0 Å². The van der Waals surface area contributed by atoms with Crippen molar-refractivity contribution in [2.45, 2.75) is 38.5 Å². The SMILES string of the molecule is COC(=O)C1=CC(c2cccc(N/N=C3\C(=O)N(c4ccc5c(c4)CCCC5)N=C3C)c2O)CO1. The van der Waals surface area contributed by atoms with E-state index in [1.54, 1.807) is 31.2 Å². The maximum absolute atomic E-state index is 13.1. The van der Waals surface area contributed by atoms with Gasteiger partial charge in [0, 0.05) is 11.5 Å². The number of nitrogens with one attached hydrogen (secondary N) is 1. The molecular weight excluding hydrogens is 448 g/mol. The number of amides is 1. The molecule has 0 bridgehead atoms. The molecular formula is C26H26N4O5. The number of para-hydroxylation sites is 1. The third-order valence-electron chi connectivity index (χ3n) is 6.48. The Balaban J connectivity index is 1.35. The number of benzene rings is 2. The van der Waals surface area contributed by atoms with Gasteiger partial charge in [0.05, 0.1) is 30.8 Å². The van der Waals surface area contributed by atoms with Crippen molar-refractivity contribution < 1.29 is 24.2 Å².